The summed E-state index contributed by atoms with van der Waals surface area (Å²) < 4.78 is 10.7. The van der Waals surface area contributed by atoms with E-state index in [2.05, 4.69) is 10.6 Å². The first-order valence-corrected chi connectivity index (χ1v) is 8.94. The van der Waals surface area contributed by atoms with Crippen molar-refractivity contribution in [3.63, 3.8) is 0 Å². The van der Waals surface area contributed by atoms with Crippen LogP contribution in [0.25, 0.3) is 0 Å². The van der Waals surface area contributed by atoms with Crippen molar-refractivity contribution in [1.29, 1.82) is 0 Å². The quantitative estimate of drug-likeness (QED) is 0.646. The Labute approximate surface area is 164 Å². The van der Waals surface area contributed by atoms with Crippen molar-refractivity contribution in [2.45, 2.75) is 26.5 Å². The highest BCUT2D eigenvalue weighted by Gasteiger charge is 2.15. The van der Waals surface area contributed by atoms with Crippen molar-refractivity contribution in [3.05, 3.63) is 65.7 Å². The van der Waals surface area contributed by atoms with Crippen LogP contribution in [0, 0.1) is 0 Å². The molecule has 0 aromatic heterocycles. The monoisotopic (exact) mass is 384 g/mol. The van der Waals surface area contributed by atoms with E-state index in [0.29, 0.717) is 16.9 Å². The second-order valence-electron chi connectivity index (χ2n) is 6.33. The van der Waals surface area contributed by atoms with Crippen molar-refractivity contribution >= 4 is 17.8 Å². The molecule has 0 heterocycles. The van der Waals surface area contributed by atoms with Crippen LogP contribution in [0.4, 0.5) is 0 Å². The lowest BCUT2D eigenvalue weighted by atomic mass is 10.1. The first kappa shape index (κ1) is 21.0. The van der Waals surface area contributed by atoms with E-state index < -0.39 is 18.5 Å². The molecule has 0 unspecified atom stereocenters. The molecule has 0 radical (unpaired) electrons. The summed E-state index contributed by atoms with van der Waals surface area (Å²) in [4.78, 5) is 35.6. The predicted octanol–water partition coefficient (Wildman–Crippen LogP) is 2.06. The third-order valence-corrected chi connectivity index (χ3v) is 3.60. The topological polar surface area (TPSA) is 93.7 Å². The first-order chi connectivity index (χ1) is 13.5. The molecule has 2 amide bonds. The van der Waals surface area contributed by atoms with Gasteiger partial charge in [-0.05, 0) is 32.0 Å². The Kier molecular flexibility index (Phi) is 8.02. The van der Waals surface area contributed by atoms with Crippen LogP contribution in [0.15, 0.2) is 54.6 Å². The van der Waals surface area contributed by atoms with Gasteiger partial charge >= 0.3 is 5.97 Å². The van der Waals surface area contributed by atoms with Crippen LogP contribution in [-0.2, 0) is 20.9 Å². The zero-order valence-corrected chi connectivity index (χ0v) is 15.9. The minimum absolute atomic E-state index is 0.0168. The lowest BCUT2D eigenvalue weighted by molar-refractivity contribution is -0.128. The molecule has 0 spiro atoms. The SMILES string of the molecule is CC(C)NC(=O)CNC(=O)COC(=O)c1ccccc1COc1ccccc1. The van der Waals surface area contributed by atoms with Gasteiger partial charge < -0.3 is 20.1 Å². The van der Waals surface area contributed by atoms with Crippen molar-refractivity contribution in [2.24, 2.45) is 0 Å². The van der Waals surface area contributed by atoms with E-state index in [1.54, 1.807) is 24.3 Å². The van der Waals surface area contributed by atoms with Gasteiger partial charge in [-0.2, -0.15) is 0 Å². The van der Waals surface area contributed by atoms with E-state index >= 15 is 0 Å². The summed E-state index contributed by atoms with van der Waals surface area (Å²) >= 11 is 0. The maximum Gasteiger partial charge on any atom is 0.339 e. The number of hydrogen-bond donors (Lipinski definition) is 2. The third kappa shape index (κ3) is 7.11. The molecule has 2 N–H and O–H groups in total. The Bertz CT molecular complexity index is 805. The average Bonchev–Trinajstić information content (AvgIpc) is 2.69. The van der Waals surface area contributed by atoms with Gasteiger partial charge in [0, 0.05) is 11.6 Å². The highest BCUT2D eigenvalue weighted by atomic mass is 16.5. The summed E-state index contributed by atoms with van der Waals surface area (Å²) in [6.45, 7) is 3.19. The maximum atomic E-state index is 12.3. The molecule has 0 saturated heterocycles. The van der Waals surface area contributed by atoms with Gasteiger partial charge in [0.05, 0.1) is 12.1 Å². The predicted molar refractivity (Wildman–Crippen MR) is 104 cm³/mol. The highest BCUT2D eigenvalue weighted by molar-refractivity contribution is 5.93. The standard InChI is InChI=1S/C21H24N2O5/c1-15(2)23-19(24)12-22-20(25)14-28-21(26)18-11-7-6-8-16(18)13-27-17-9-4-3-5-10-17/h3-11,15H,12-14H2,1-2H3,(H,22,25)(H,23,24). The van der Waals surface area contributed by atoms with Gasteiger partial charge in [-0.1, -0.05) is 36.4 Å². The molecule has 7 heteroatoms. The second-order valence-corrected chi connectivity index (χ2v) is 6.33. The summed E-state index contributed by atoms with van der Waals surface area (Å²) in [5.74, 6) is -0.804. The fourth-order valence-corrected chi connectivity index (χ4v) is 2.33. The molecule has 0 fully saturated rings. The maximum absolute atomic E-state index is 12.3. The number of rotatable bonds is 9. The Hall–Kier alpha value is -3.35. The van der Waals surface area contributed by atoms with Crippen LogP contribution in [0.5, 0.6) is 5.75 Å². The van der Waals surface area contributed by atoms with Gasteiger partial charge in [-0.25, -0.2) is 4.79 Å². The van der Waals surface area contributed by atoms with Crippen LogP contribution in [0.3, 0.4) is 0 Å². The molecule has 2 aromatic rings. The summed E-state index contributed by atoms with van der Waals surface area (Å²) in [6.07, 6.45) is 0. The van der Waals surface area contributed by atoms with E-state index in [1.807, 2.05) is 44.2 Å². The lowest BCUT2D eigenvalue weighted by Gasteiger charge is -2.11. The molecule has 148 valence electrons. The van der Waals surface area contributed by atoms with Gasteiger partial charge in [0.25, 0.3) is 5.91 Å². The van der Waals surface area contributed by atoms with Gasteiger partial charge in [0.2, 0.25) is 5.91 Å². The lowest BCUT2D eigenvalue weighted by Crippen LogP contribution is -2.41. The van der Waals surface area contributed by atoms with Gasteiger partial charge in [-0.15, -0.1) is 0 Å². The van der Waals surface area contributed by atoms with Crippen molar-refractivity contribution in [2.75, 3.05) is 13.2 Å². The van der Waals surface area contributed by atoms with Gasteiger partial charge in [0.15, 0.2) is 6.61 Å². The van der Waals surface area contributed by atoms with Crippen LogP contribution < -0.4 is 15.4 Å². The third-order valence-electron chi connectivity index (χ3n) is 3.60. The van der Waals surface area contributed by atoms with E-state index in [1.165, 1.54) is 0 Å². The van der Waals surface area contributed by atoms with E-state index in [-0.39, 0.29) is 25.1 Å². The number of benzene rings is 2. The first-order valence-electron chi connectivity index (χ1n) is 8.94. The molecule has 0 aliphatic carbocycles. The van der Waals surface area contributed by atoms with Crippen LogP contribution in [0.1, 0.15) is 29.8 Å². The minimum atomic E-state index is -0.631. The Morgan fingerprint density at radius 2 is 1.61 bits per heavy atom. The molecule has 2 aromatic carbocycles. The molecular formula is C21H24N2O5. The number of carbonyl (C=O) groups is 3. The molecular weight excluding hydrogens is 360 g/mol. The Morgan fingerprint density at radius 3 is 2.32 bits per heavy atom. The van der Waals surface area contributed by atoms with Crippen molar-refractivity contribution < 1.29 is 23.9 Å². The molecule has 0 saturated carbocycles. The molecule has 28 heavy (non-hydrogen) atoms. The summed E-state index contributed by atoms with van der Waals surface area (Å²) in [5, 5.41) is 5.05. The van der Waals surface area contributed by atoms with Crippen LogP contribution in [-0.4, -0.2) is 37.0 Å². The van der Waals surface area contributed by atoms with Crippen LogP contribution in [0.2, 0.25) is 0 Å². The largest absolute Gasteiger partial charge is 0.489 e. The van der Waals surface area contributed by atoms with Gasteiger partial charge in [0.1, 0.15) is 12.4 Å². The summed E-state index contributed by atoms with van der Waals surface area (Å²) in [6, 6.07) is 16.1. The molecule has 0 aliphatic rings. The van der Waals surface area contributed by atoms with Crippen molar-refractivity contribution in [1.82, 2.24) is 10.6 Å². The minimum Gasteiger partial charge on any atom is -0.489 e. The fourth-order valence-electron chi connectivity index (χ4n) is 2.33. The summed E-state index contributed by atoms with van der Waals surface area (Å²) in [5.41, 5.74) is 0.969. The number of ether oxygens (including phenoxy) is 2. The van der Waals surface area contributed by atoms with Crippen LogP contribution >= 0.6 is 0 Å². The van der Waals surface area contributed by atoms with E-state index in [4.69, 9.17) is 9.47 Å². The Morgan fingerprint density at radius 1 is 0.929 bits per heavy atom. The normalized spacial score (nSPS) is 10.2. The number of amides is 2. The molecule has 0 bridgehead atoms. The molecule has 2 rings (SSSR count). The molecule has 0 aliphatic heterocycles. The zero-order chi connectivity index (χ0) is 20.4. The number of para-hydroxylation sites is 1. The number of hydrogen-bond acceptors (Lipinski definition) is 5. The molecule has 7 nitrogen and oxygen atoms in total. The smallest absolute Gasteiger partial charge is 0.339 e. The van der Waals surface area contributed by atoms with E-state index in [0.717, 1.165) is 0 Å². The number of esters is 1. The molecule has 0 atom stereocenters. The number of carbonyl (C=O) groups excluding carboxylic acids is 3. The second kappa shape index (κ2) is 10.7. The average molecular weight is 384 g/mol. The Balaban J connectivity index is 1.85. The summed E-state index contributed by atoms with van der Waals surface area (Å²) in [7, 11) is 0. The zero-order valence-electron chi connectivity index (χ0n) is 15.9. The highest BCUT2D eigenvalue weighted by Crippen LogP contribution is 2.15. The van der Waals surface area contributed by atoms with Crippen molar-refractivity contribution in [3.8, 4) is 5.75 Å². The number of nitrogens with one attached hydrogen (secondary N) is 2. The van der Waals surface area contributed by atoms with Gasteiger partial charge in [-0.3, -0.25) is 9.59 Å². The fraction of sp³-hybridized carbons (Fsp3) is 0.286. The van der Waals surface area contributed by atoms with E-state index in [9.17, 15) is 14.4 Å².